The number of ketones is 1. The Kier molecular flexibility index (Phi) is 3.88. The Labute approximate surface area is 111 Å². The number of rotatable bonds is 4. The molecule has 0 spiro atoms. The number of anilines is 1. The molecule has 0 heterocycles. The Morgan fingerprint density at radius 3 is 2.26 bits per heavy atom. The number of hydrogen-bond donors (Lipinski definition) is 1. The Morgan fingerprint density at radius 1 is 0.947 bits per heavy atom. The fraction of sp³-hybridized carbons (Fsp3) is 0. The minimum atomic E-state index is -0.340. The van der Waals surface area contributed by atoms with Gasteiger partial charge < -0.3 is 5.32 Å². The summed E-state index contributed by atoms with van der Waals surface area (Å²) in [5.41, 5.74) is 1.54. The van der Waals surface area contributed by atoms with Gasteiger partial charge in [0.25, 0.3) is 0 Å². The summed E-state index contributed by atoms with van der Waals surface area (Å²) in [5.74, 6) is -0.464. The molecule has 0 saturated heterocycles. The highest BCUT2D eigenvalue weighted by molar-refractivity contribution is 6.14. The van der Waals surface area contributed by atoms with Crippen LogP contribution in [-0.4, -0.2) is 11.7 Å². The second kappa shape index (κ2) is 5.78. The van der Waals surface area contributed by atoms with Crippen molar-refractivity contribution < 1.29 is 9.59 Å². The van der Waals surface area contributed by atoms with Crippen LogP contribution < -0.4 is 5.32 Å². The van der Waals surface area contributed by atoms with Crippen molar-refractivity contribution in [3.63, 3.8) is 0 Å². The zero-order valence-corrected chi connectivity index (χ0v) is 10.3. The molecule has 0 unspecified atom stereocenters. The van der Waals surface area contributed by atoms with Crippen molar-refractivity contribution in [2.24, 2.45) is 0 Å². The van der Waals surface area contributed by atoms with Crippen molar-refractivity contribution in [2.75, 3.05) is 5.32 Å². The topological polar surface area (TPSA) is 46.2 Å². The third-order valence-corrected chi connectivity index (χ3v) is 2.65. The van der Waals surface area contributed by atoms with Gasteiger partial charge in [-0.3, -0.25) is 9.59 Å². The standard InChI is InChI=1S/C16H13NO2/c1-2-15(18)17-14-11-7-6-10-13(14)16(19)12-8-4-3-5-9-12/h2-11H,1H2,(H,17,18). The maximum Gasteiger partial charge on any atom is 0.247 e. The molecule has 0 aliphatic carbocycles. The maximum absolute atomic E-state index is 12.4. The number of carbonyl (C=O) groups excluding carboxylic acids is 2. The summed E-state index contributed by atoms with van der Waals surface area (Å²) in [5, 5.41) is 2.63. The van der Waals surface area contributed by atoms with Crippen molar-refractivity contribution >= 4 is 17.4 Å². The molecule has 0 saturated carbocycles. The van der Waals surface area contributed by atoms with Crippen LogP contribution in [-0.2, 0) is 4.79 Å². The largest absolute Gasteiger partial charge is 0.322 e. The highest BCUT2D eigenvalue weighted by Gasteiger charge is 2.13. The van der Waals surface area contributed by atoms with E-state index < -0.39 is 0 Å². The van der Waals surface area contributed by atoms with E-state index in [9.17, 15) is 9.59 Å². The Bertz CT molecular complexity index is 618. The van der Waals surface area contributed by atoms with Gasteiger partial charge in [-0.1, -0.05) is 49.0 Å². The van der Waals surface area contributed by atoms with Crippen LogP contribution >= 0.6 is 0 Å². The Hall–Kier alpha value is -2.68. The summed E-state index contributed by atoms with van der Waals surface area (Å²) in [7, 11) is 0. The second-order valence-corrected chi connectivity index (χ2v) is 3.93. The molecule has 1 N–H and O–H groups in total. The average molecular weight is 251 g/mol. The van der Waals surface area contributed by atoms with Crippen LogP contribution in [0, 0.1) is 0 Å². The smallest absolute Gasteiger partial charge is 0.247 e. The van der Waals surface area contributed by atoms with E-state index in [1.54, 1.807) is 48.5 Å². The molecular formula is C16H13NO2. The molecule has 0 radical (unpaired) electrons. The summed E-state index contributed by atoms with van der Waals surface area (Å²) >= 11 is 0. The summed E-state index contributed by atoms with van der Waals surface area (Å²) in [6.07, 6.45) is 1.17. The molecule has 0 aliphatic heterocycles. The van der Waals surface area contributed by atoms with Crippen LogP contribution in [0.2, 0.25) is 0 Å². The number of benzene rings is 2. The third-order valence-electron chi connectivity index (χ3n) is 2.65. The molecule has 0 aromatic heterocycles. The molecule has 0 bridgehead atoms. The molecule has 2 aromatic carbocycles. The van der Waals surface area contributed by atoms with Gasteiger partial charge in [0, 0.05) is 11.1 Å². The number of para-hydroxylation sites is 1. The van der Waals surface area contributed by atoms with Crippen molar-refractivity contribution in [1.29, 1.82) is 0 Å². The van der Waals surface area contributed by atoms with Crippen LogP contribution in [0.15, 0.2) is 67.3 Å². The normalized spacial score (nSPS) is 9.68. The van der Waals surface area contributed by atoms with Gasteiger partial charge in [-0.15, -0.1) is 0 Å². The van der Waals surface area contributed by atoms with Gasteiger partial charge in [0.1, 0.15) is 0 Å². The first-order valence-electron chi connectivity index (χ1n) is 5.84. The first-order chi connectivity index (χ1) is 9.22. The SMILES string of the molecule is C=CC(=O)Nc1ccccc1C(=O)c1ccccc1. The zero-order chi connectivity index (χ0) is 13.7. The van der Waals surface area contributed by atoms with Crippen molar-refractivity contribution in [2.45, 2.75) is 0 Å². The van der Waals surface area contributed by atoms with Crippen molar-refractivity contribution in [3.05, 3.63) is 78.4 Å². The third kappa shape index (κ3) is 2.96. The van der Waals surface area contributed by atoms with Crippen LogP contribution in [0.4, 0.5) is 5.69 Å². The summed E-state index contributed by atoms with van der Waals surface area (Å²) < 4.78 is 0. The van der Waals surface area contributed by atoms with Gasteiger partial charge in [0.05, 0.1) is 5.69 Å². The van der Waals surface area contributed by atoms with Gasteiger partial charge in [-0.05, 0) is 18.2 Å². The van der Waals surface area contributed by atoms with Crippen LogP contribution in [0.5, 0.6) is 0 Å². The molecule has 3 nitrogen and oxygen atoms in total. The molecule has 2 aromatic rings. The van der Waals surface area contributed by atoms with E-state index >= 15 is 0 Å². The molecule has 1 amide bonds. The number of hydrogen-bond acceptors (Lipinski definition) is 2. The van der Waals surface area contributed by atoms with E-state index in [0.29, 0.717) is 16.8 Å². The lowest BCUT2D eigenvalue weighted by atomic mass is 10.0. The summed E-state index contributed by atoms with van der Waals surface area (Å²) in [4.78, 5) is 23.7. The molecule has 0 atom stereocenters. The molecule has 0 fully saturated rings. The molecule has 19 heavy (non-hydrogen) atoms. The quantitative estimate of drug-likeness (QED) is 0.670. The second-order valence-electron chi connectivity index (χ2n) is 3.93. The van der Waals surface area contributed by atoms with Gasteiger partial charge in [0.15, 0.2) is 5.78 Å². The lowest BCUT2D eigenvalue weighted by molar-refractivity contribution is -0.111. The van der Waals surface area contributed by atoms with E-state index in [2.05, 4.69) is 11.9 Å². The maximum atomic E-state index is 12.4. The number of carbonyl (C=O) groups is 2. The fourth-order valence-corrected chi connectivity index (χ4v) is 1.72. The summed E-state index contributed by atoms with van der Waals surface area (Å²) in [6, 6.07) is 15.9. The predicted octanol–water partition coefficient (Wildman–Crippen LogP) is 3.04. The molecule has 3 heteroatoms. The van der Waals surface area contributed by atoms with E-state index in [0.717, 1.165) is 0 Å². The molecule has 0 aliphatic rings. The number of amides is 1. The van der Waals surface area contributed by atoms with Crippen LogP contribution in [0.1, 0.15) is 15.9 Å². The van der Waals surface area contributed by atoms with Crippen molar-refractivity contribution in [3.8, 4) is 0 Å². The van der Waals surface area contributed by atoms with Crippen LogP contribution in [0.25, 0.3) is 0 Å². The van der Waals surface area contributed by atoms with Gasteiger partial charge in [0.2, 0.25) is 5.91 Å². The van der Waals surface area contributed by atoms with Gasteiger partial charge >= 0.3 is 0 Å². The predicted molar refractivity (Wildman–Crippen MR) is 75.1 cm³/mol. The first-order valence-corrected chi connectivity index (χ1v) is 5.84. The molecule has 94 valence electrons. The van der Waals surface area contributed by atoms with Gasteiger partial charge in [-0.2, -0.15) is 0 Å². The highest BCUT2D eigenvalue weighted by Crippen LogP contribution is 2.19. The van der Waals surface area contributed by atoms with Gasteiger partial charge in [-0.25, -0.2) is 0 Å². The fourth-order valence-electron chi connectivity index (χ4n) is 1.72. The highest BCUT2D eigenvalue weighted by atomic mass is 16.1. The lowest BCUT2D eigenvalue weighted by Gasteiger charge is -2.08. The lowest BCUT2D eigenvalue weighted by Crippen LogP contribution is -2.12. The summed E-state index contributed by atoms with van der Waals surface area (Å²) in [6.45, 7) is 3.39. The van der Waals surface area contributed by atoms with E-state index in [1.807, 2.05) is 6.07 Å². The van der Waals surface area contributed by atoms with E-state index in [-0.39, 0.29) is 11.7 Å². The Morgan fingerprint density at radius 2 is 1.58 bits per heavy atom. The minimum absolute atomic E-state index is 0.124. The van der Waals surface area contributed by atoms with Crippen molar-refractivity contribution in [1.82, 2.24) is 0 Å². The minimum Gasteiger partial charge on any atom is -0.322 e. The monoisotopic (exact) mass is 251 g/mol. The number of nitrogens with one attached hydrogen (secondary N) is 1. The average Bonchev–Trinajstić information content (AvgIpc) is 2.48. The molecular weight excluding hydrogens is 238 g/mol. The van der Waals surface area contributed by atoms with Crippen LogP contribution in [0.3, 0.4) is 0 Å². The molecule has 2 rings (SSSR count). The van der Waals surface area contributed by atoms with E-state index in [1.165, 1.54) is 6.08 Å². The first kappa shape index (κ1) is 12.8. The zero-order valence-electron chi connectivity index (χ0n) is 10.3. The van der Waals surface area contributed by atoms with E-state index in [4.69, 9.17) is 0 Å². The Balaban J connectivity index is 2.37.